The van der Waals surface area contributed by atoms with Gasteiger partial charge in [-0.05, 0) is 38.1 Å². The van der Waals surface area contributed by atoms with Gasteiger partial charge in [0, 0.05) is 25.7 Å². The van der Waals surface area contributed by atoms with Crippen LogP contribution >= 0.6 is 0 Å². The van der Waals surface area contributed by atoms with Crippen LogP contribution in [0.2, 0.25) is 0 Å². The predicted octanol–water partition coefficient (Wildman–Crippen LogP) is 2.23. The third kappa shape index (κ3) is 5.10. The molecule has 0 aromatic heterocycles. The van der Waals surface area contributed by atoms with E-state index in [0.717, 1.165) is 25.1 Å². The van der Waals surface area contributed by atoms with Gasteiger partial charge >= 0.3 is 0 Å². The molecule has 0 saturated carbocycles. The number of nitrogens with one attached hydrogen (secondary N) is 1. The molecule has 0 amide bonds. The van der Waals surface area contributed by atoms with Gasteiger partial charge in [0.25, 0.3) is 0 Å². The van der Waals surface area contributed by atoms with Gasteiger partial charge in [0.05, 0.1) is 14.2 Å². The van der Waals surface area contributed by atoms with E-state index < -0.39 is 0 Å². The smallest absolute Gasteiger partial charge is 0.200 e. The zero-order valence-electron chi connectivity index (χ0n) is 13.8. The van der Waals surface area contributed by atoms with Gasteiger partial charge in [0.1, 0.15) is 0 Å². The van der Waals surface area contributed by atoms with Crippen LogP contribution in [-0.2, 0) is 6.54 Å². The summed E-state index contributed by atoms with van der Waals surface area (Å²) in [7, 11) is 5.21. The number of nitrogens with zero attached hydrogens (tertiary/aromatic N) is 1. The summed E-state index contributed by atoms with van der Waals surface area (Å²) in [6, 6.07) is 4.24. The maximum atomic E-state index is 9.87. The number of likely N-dealkylation sites (N-methyl/N-ethyl adjacent to an activating group) is 1. The Hall–Kier alpha value is -1.46. The first-order chi connectivity index (χ1) is 10.0. The summed E-state index contributed by atoms with van der Waals surface area (Å²) < 4.78 is 10.3. The minimum Gasteiger partial charge on any atom is -0.502 e. The van der Waals surface area contributed by atoms with E-state index >= 15 is 0 Å². The second-order valence-corrected chi connectivity index (χ2v) is 5.26. The van der Waals surface area contributed by atoms with E-state index in [1.54, 1.807) is 0 Å². The van der Waals surface area contributed by atoms with E-state index in [0.29, 0.717) is 24.1 Å². The van der Waals surface area contributed by atoms with Crippen molar-refractivity contribution < 1.29 is 14.6 Å². The van der Waals surface area contributed by atoms with Crippen LogP contribution in [0.3, 0.4) is 0 Å². The Balaban J connectivity index is 2.52. The highest BCUT2D eigenvalue weighted by molar-refractivity contribution is 5.52. The van der Waals surface area contributed by atoms with Crippen molar-refractivity contribution >= 4 is 0 Å². The van der Waals surface area contributed by atoms with Crippen LogP contribution in [0.1, 0.15) is 25.8 Å². The molecule has 0 saturated heterocycles. The van der Waals surface area contributed by atoms with E-state index in [1.165, 1.54) is 14.2 Å². The van der Waals surface area contributed by atoms with Gasteiger partial charge in [-0.3, -0.25) is 0 Å². The molecule has 1 atom stereocenters. The molecule has 1 rings (SSSR count). The number of phenolic OH excluding ortho intramolecular Hbond substituents is 1. The van der Waals surface area contributed by atoms with E-state index in [9.17, 15) is 5.11 Å². The summed E-state index contributed by atoms with van der Waals surface area (Å²) in [4.78, 5) is 2.34. The third-order valence-corrected chi connectivity index (χ3v) is 3.85. The Morgan fingerprint density at radius 2 is 1.81 bits per heavy atom. The molecule has 0 spiro atoms. The second kappa shape index (κ2) is 8.74. The number of methoxy groups -OCH3 is 2. The normalized spacial score (nSPS) is 12.5. The molecule has 21 heavy (non-hydrogen) atoms. The molecule has 1 aromatic rings. The molecule has 0 heterocycles. The first-order valence-electron chi connectivity index (χ1n) is 7.38. The van der Waals surface area contributed by atoms with Crippen molar-refractivity contribution in [2.75, 3.05) is 34.4 Å². The fourth-order valence-electron chi connectivity index (χ4n) is 2.07. The average molecular weight is 296 g/mol. The van der Waals surface area contributed by atoms with Gasteiger partial charge in [0.15, 0.2) is 11.5 Å². The maximum Gasteiger partial charge on any atom is 0.200 e. The standard InChI is InChI=1S/C16H28N2O3/c1-6-12(2)18(3)8-7-17-11-13-9-14(20-4)16(19)15(10-13)21-5/h9-10,12,17,19H,6-8,11H2,1-5H3. The second-order valence-electron chi connectivity index (χ2n) is 5.26. The number of hydrogen-bond acceptors (Lipinski definition) is 5. The minimum atomic E-state index is 0.0419. The molecule has 0 fully saturated rings. The first kappa shape index (κ1) is 17.6. The topological polar surface area (TPSA) is 54.0 Å². The Morgan fingerprint density at radius 3 is 2.29 bits per heavy atom. The van der Waals surface area contributed by atoms with Gasteiger partial charge in [-0.15, -0.1) is 0 Å². The molecule has 0 bridgehead atoms. The lowest BCUT2D eigenvalue weighted by Crippen LogP contribution is -2.34. The minimum absolute atomic E-state index is 0.0419. The van der Waals surface area contributed by atoms with Gasteiger partial charge < -0.3 is 24.8 Å². The molecular formula is C16H28N2O3. The van der Waals surface area contributed by atoms with Gasteiger partial charge in [0.2, 0.25) is 5.75 Å². The maximum absolute atomic E-state index is 9.87. The van der Waals surface area contributed by atoms with Gasteiger partial charge in [-0.2, -0.15) is 0 Å². The molecule has 0 aliphatic rings. The first-order valence-corrected chi connectivity index (χ1v) is 7.38. The van der Waals surface area contributed by atoms with Crippen LogP contribution < -0.4 is 14.8 Å². The van der Waals surface area contributed by atoms with Crippen molar-refractivity contribution in [3.05, 3.63) is 17.7 Å². The summed E-state index contributed by atoms with van der Waals surface area (Å²) in [5.41, 5.74) is 1.02. The number of benzene rings is 1. The van der Waals surface area contributed by atoms with Crippen molar-refractivity contribution in [1.29, 1.82) is 0 Å². The number of phenols is 1. The van der Waals surface area contributed by atoms with Crippen LogP contribution in [-0.4, -0.2) is 50.4 Å². The SMILES string of the molecule is CCC(C)N(C)CCNCc1cc(OC)c(O)c(OC)c1. The highest BCUT2D eigenvalue weighted by Gasteiger charge is 2.11. The summed E-state index contributed by atoms with van der Waals surface area (Å²) in [6.45, 7) is 7.05. The molecule has 1 unspecified atom stereocenters. The van der Waals surface area contributed by atoms with Gasteiger partial charge in [-0.25, -0.2) is 0 Å². The van der Waals surface area contributed by atoms with Crippen molar-refractivity contribution in [2.45, 2.75) is 32.9 Å². The number of aromatic hydroxyl groups is 1. The zero-order valence-corrected chi connectivity index (χ0v) is 13.8. The lowest BCUT2D eigenvalue weighted by atomic mass is 10.2. The fourth-order valence-corrected chi connectivity index (χ4v) is 2.07. The van der Waals surface area contributed by atoms with Crippen molar-refractivity contribution in [2.24, 2.45) is 0 Å². The molecule has 0 aliphatic carbocycles. The molecule has 0 radical (unpaired) electrons. The molecule has 5 heteroatoms. The number of hydrogen-bond donors (Lipinski definition) is 2. The molecular weight excluding hydrogens is 268 g/mol. The molecule has 120 valence electrons. The van der Waals surface area contributed by atoms with Crippen molar-refractivity contribution in [3.63, 3.8) is 0 Å². The van der Waals surface area contributed by atoms with Crippen LogP contribution in [0.5, 0.6) is 17.2 Å². The summed E-state index contributed by atoms with van der Waals surface area (Å²) >= 11 is 0. The quantitative estimate of drug-likeness (QED) is 0.684. The monoisotopic (exact) mass is 296 g/mol. The van der Waals surface area contributed by atoms with E-state index in [2.05, 4.69) is 31.1 Å². The van der Waals surface area contributed by atoms with Crippen LogP contribution in [0.15, 0.2) is 12.1 Å². The zero-order chi connectivity index (χ0) is 15.8. The Bertz CT molecular complexity index is 413. The third-order valence-electron chi connectivity index (χ3n) is 3.85. The van der Waals surface area contributed by atoms with E-state index in [1.807, 2.05) is 12.1 Å². The summed E-state index contributed by atoms with van der Waals surface area (Å²) in [5, 5.41) is 13.3. The van der Waals surface area contributed by atoms with E-state index in [4.69, 9.17) is 9.47 Å². The Morgan fingerprint density at radius 1 is 1.24 bits per heavy atom. The molecule has 1 aromatic carbocycles. The Labute approximate surface area is 127 Å². The average Bonchev–Trinajstić information content (AvgIpc) is 2.51. The summed E-state index contributed by atoms with van der Waals surface area (Å²) in [5.74, 6) is 0.908. The largest absolute Gasteiger partial charge is 0.502 e. The number of ether oxygens (including phenoxy) is 2. The molecule has 5 nitrogen and oxygen atoms in total. The van der Waals surface area contributed by atoms with Crippen LogP contribution in [0, 0.1) is 0 Å². The van der Waals surface area contributed by atoms with E-state index in [-0.39, 0.29) is 5.75 Å². The van der Waals surface area contributed by atoms with Crippen molar-refractivity contribution in [3.8, 4) is 17.2 Å². The lowest BCUT2D eigenvalue weighted by Gasteiger charge is -2.23. The van der Waals surface area contributed by atoms with Crippen molar-refractivity contribution in [1.82, 2.24) is 10.2 Å². The Kier molecular flexibility index (Phi) is 7.32. The fraction of sp³-hybridized carbons (Fsp3) is 0.625. The van der Waals surface area contributed by atoms with Crippen LogP contribution in [0.4, 0.5) is 0 Å². The number of rotatable bonds is 9. The highest BCUT2D eigenvalue weighted by Crippen LogP contribution is 2.36. The predicted molar refractivity (Wildman–Crippen MR) is 85.3 cm³/mol. The molecule has 2 N–H and O–H groups in total. The van der Waals surface area contributed by atoms with Gasteiger partial charge in [-0.1, -0.05) is 6.92 Å². The van der Waals surface area contributed by atoms with Crippen LogP contribution in [0.25, 0.3) is 0 Å². The molecule has 0 aliphatic heterocycles. The summed E-state index contributed by atoms with van der Waals surface area (Å²) in [6.07, 6.45) is 1.16. The lowest BCUT2D eigenvalue weighted by molar-refractivity contribution is 0.251. The highest BCUT2D eigenvalue weighted by atomic mass is 16.5.